The zero-order valence-electron chi connectivity index (χ0n) is 12.4. The van der Waals surface area contributed by atoms with Crippen molar-refractivity contribution < 1.29 is 14.7 Å². The Bertz CT molecular complexity index is 665. The number of hydrogen-bond acceptors (Lipinski definition) is 3. The molecule has 110 valence electrons. The zero-order chi connectivity index (χ0) is 15.4. The standard InChI is InChI=1S/C17H19NO3/c1-11-7-8-16(13(3)9-11)21-10-15-12(2)5-4-6-14(15)17(19)18-20/h4-9,20H,10H2,1-3H3,(H,18,19). The van der Waals surface area contributed by atoms with Crippen LogP contribution in [0.4, 0.5) is 0 Å². The van der Waals surface area contributed by atoms with Crippen LogP contribution in [0.3, 0.4) is 0 Å². The second-order valence-electron chi connectivity index (χ2n) is 5.10. The van der Waals surface area contributed by atoms with Crippen LogP contribution in [0.15, 0.2) is 36.4 Å². The Balaban J connectivity index is 2.25. The van der Waals surface area contributed by atoms with Crippen LogP contribution in [-0.2, 0) is 6.61 Å². The molecule has 4 nitrogen and oxygen atoms in total. The van der Waals surface area contributed by atoms with E-state index in [4.69, 9.17) is 9.94 Å². The molecule has 0 saturated heterocycles. The molecule has 4 heteroatoms. The number of hydrogen-bond donors (Lipinski definition) is 2. The Kier molecular flexibility index (Phi) is 4.60. The van der Waals surface area contributed by atoms with Gasteiger partial charge in [-0.15, -0.1) is 0 Å². The van der Waals surface area contributed by atoms with E-state index in [9.17, 15) is 4.79 Å². The maximum absolute atomic E-state index is 11.7. The van der Waals surface area contributed by atoms with Crippen LogP contribution in [0.25, 0.3) is 0 Å². The summed E-state index contributed by atoms with van der Waals surface area (Å²) >= 11 is 0. The molecular weight excluding hydrogens is 266 g/mol. The Hall–Kier alpha value is -2.33. The van der Waals surface area contributed by atoms with Crippen molar-refractivity contribution in [1.82, 2.24) is 5.48 Å². The lowest BCUT2D eigenvalue weighted by molar-refractivity contribution is 0.0703. The summed E-state index contributed by atoms with van der Waals surface area (Å²) in [6, 6.07) is 11.3. The number of benzene rings is 2. The lowest BCUT2D eigenvalue weighted by Gasteiger charge is -2.14. The number of carbonyl (C=O) groups excluding carboxylic acids is 1. The smallest absolute Gasteiger partial charge is 0.275 e. The van der Waals surface area contributed by atoms with E-state index in [0.717, 1.165) is 22.4 Å². The van der Waals surface area contributed by atoms with E-state index in [1.165, 1.54) is 5.56 Å². The van der Waals surface area contributed by atoms with Gasteiger partial charge in [0, 0.05) is 11.1 Å². The SMILES string of the molecule is Cc1ccc(OCc2c(C)cccc2C(=O)NO)c(C)c1. The molecule has 0 bridgehead atoms. The Morgan fingerprint density at radius 2 is 1.90 bits per heavy atom. The predicted octanol–water partition coefficient (Wildman–Crippen LogP) is 3.31. The zero-order valence-corrected chi connectivity index (χ0v) is 12.4. The number of ether oxygens (including phenoxy) is 1. The first-order valence-corrected chi connectivity index (χ1v) is 6.76. The molecule has 0 heterocycles. The van der Waals surface area contributed by atoms with Crippen molar-refractivity contribution in [1.29, 1.82) is 0 Å². The molecule has 0 fully saturated rings. The predicted molar refractivity (Wildman–Crippen MR) is 80.7 cm³/mol. The first-order valence-electron chi connectivity index (χ1n) is 6.76. The van der Waals surface area contributed by atoms with Crippen LogP contribution in [0, 0.1) is 20.8 Å². The summed E-state index contributed by atoms with van der Waals surface area (Å²) in [5, 5.41) is 8.82. The highest BCUT2D eigenvalue weighted by Crippen LogP contribution is 2.22. The van der Waals surface area contributed by atoms with Gasteiger partial charge >= 0.3 is 0 Å². The monoisotopic (exact) mass is 285 g/mol. The van der Waals surface area contributed by atoms with E-state index in [0.29, 0.717) is 5.56 Å². The largest absolute Gasteiger partial charge is 0.489 e. The second-order valence-corrected chi connectivity index (χ2v) is 5.10. The average Bonchev–Trinajstić information content (AvgIpc) is 2.46. The maximum Gasteiger partial charge on any atom is 0.275 e. The third kappa shape index (κ3) is 3.41. The quantitative estimate of drug-likeness (QED) is 0.669. The Morgan fingerprint density at radius 3 is 2.57 bits per heavy atom. The summed E-state index contributed by atoms with van der Waals surface area (Å²) < 4.78 is 5.83. The lowest BCUT2D eigenvalue weighted by atomic mass is 10.0. The normalized spacial score (nSPS) is 10.3. The third-order valence-corrected chi connectivity index (χ3v) is 3.46. The highest BCUT2D eigenvalue weighted by molar-refractivity contribution is 5.95. The summed E-state index contributed by atoms with van der Waals surface area (Å²) in [6.45, 7) is 6.21. The average molecular weight is 285 g/mol. The van der Waals surface area contributed by atoms with E-state index < -0.39 is 5.91 Å². The molecule has 0 aliphatic heterocycles. The fourth-order valence-corrected chi connectivity index (χ4v) is 2.28. The molecule has 21 heavy (non-hydrogen) atoms. The van der Waals surface area contributed by atoms with Gasteiger partial charge in [-0.25, -0.2) is 5.48 Å². The number of rotatable bonds is 4. The first kappa shape index (κ1) is 15.1. The van der Waals surface area contributed by atoms with E-state index >= 15 is 0 Å². The van der Waals surface area contributed by atoms with Gasteiger partial charge in [-0.2, -0.15) is 0 Å². The maximum atomic E-state index is 11.7. The highest BCUT2D eigenvalue weighted by atomic mass is 16.5. The summed E-state index contributed by atoms with van der Waals surface area (Å²) in [6.07, 6.45) is 0. The molecule has 2 rings (SSSR count). The van der Waals surface area contributed by atoms with Crippen molar-refractivity contribution in [3.05, 3.63) is 64.2 Å². The van der Waals surface area contributed by atoms with Crippen LogP contribution in [-0.4, -0.2) is 11.1 Å². The van der Waals surface area contributed by atoms with Crippen LogP contribution >= 0.6 is 0 Å². The number of carbonyl (C=O) groups is 1. The fourth-order valence-electron chi connectivity index (χ4n) is 2.28. The summed E-state index contributed by atoms with van der Waals surface area (Å²) in [7, 11) is 0. The van der Waals surface area contributed by atoms with Crippen molar-refractivity contribution >= 4 is 5.91 Å². The van der Waals surface area contributed by atoms with Crippen molar-refractivity contribution in [3.8, 4) is 5.75 Å². The van der Waals surface area contributed by atoms with Crippen LogP contribution in [0.2, 0.25) is 0 Å². The molecule has 2 aromatic rings. The molecule has 0 aromatic heterocycles. The van der Waals surface area contributed by atoms with Gasteiger partial charge in [0.25, 0.3) is 5.91 Å². The van der Waals surface area contributed by atoms with Gasteiger partial charge in [0.15, 0.2) is 0 Å². The summed E-state index contributed by atoms with van der Waals surface area (Å²) in [4.78, 5) is 11.7. The minimum Gasteiger partial charge on any atom is -0.489 e. The Labute approximate surface area is 124 Å². The van der Waals surface area contributed by atoms with Gasteiger partial charge < -0.3 is 4.74 Å². The first-order chi connectivity index (χ1) is 10.0. The van der Waals surface area contributed by atoms with Crippen molar-refractivity contribution in [2.24, 2.45) is 0 Å². The fraction of sp³-hybridized carbons (Fsp3) is 0.235. The minimum absolute atomic E-state index is 0.277. The molecule has 0 spiro atoms. The topological polar surface area (TPSA) is 58.6 Å². The molecule has 0 aliphatic carbocycles. The molecule has 1 amide bonds. The van der Waals surface area contributed by atoms with E-state index in [2.05, 4.69) is 6.07 Å². The van der Waals surface area contributed by atoms with Gasteiger partial charge in [-0.05, 0) is 44.0 Å². The van der Waals surface area contributed by atoms with Crippen LogP contribution < -0.4 is 10.2 Å². The molecule has 0 unspecified atom stereocenters. The molecule has 2 aromatic carbocycles. The Morgan fingerprint density at radius 1 is 1.14 bits per heavy atom. The van der Waals surface area contributed by atoms with Crippen molar-refractivity contribution in [2.45, 2.75) is 27.4 Å². The van der Waals surface area contributed by atoms with Crippen LogP contribution in [0.1, 0.15) is 32.6 Å². The van der Waals surface area contributed by atoms with Gasteiger partial charge in [-0.1, -0.05) is 29.8 Å². The van der Waals surface area contributed by atoms with Crippen molar-refractivity contribution in [2.75, 3.05) is 0 Å². The number of aryl methyl sites for hydroxylation is 3. The van der Waals surface area contributed by atoms with Gasteiger partial charge in [0.2, 0.25) is 0 Å². The minimum atomic E-state index is -0.530. The second kappa shape index (κ2) is 6.41. The molecule has 0 atom stereocenters. The highest BCUT2D eigenvalue weighted by Gasteiger charge is 2.13. The molecule has 0 radical (unpaired) electrons. The van der Waals surface area contributed by atoms with E-state index in [1.807, 2.05) is 39.0 Å². The number of nitrogens with one attached hydrogen (secondary N) is 1. The molecule has 0 saturated carbocycles. The van der Waals surface area contributed by atoms with E-state index in [1.54, 1.807) is 17.6 Å². The molecular formula is C17H19NO3. The van der Waals surface area contributed by atoms with E-state index in [-0.39, 0.29) is 6.61 Å². The van der Waals surface area contributed by atoms with Gasteiger partial charge in [0.1, 0.15) is 12.4 Å². The number of hydroxylamine groups is 1. The summed E-state index contributed by atoms with van der Waals surface area (Å²) in [5.74, 6) is 0.261. The number of amides is 1. The molecule has 2 N–H and O–H groups in total. The van der Waals surface area contributed by atoms with Crippen molar-refractivity contribution in [3.63, 3.8) is 0 Å². The van der Waals surface area contributed by atoms with Crippen LogP contribution in [0.5, 0.6) is 5.75 Å². The summed E-state index contributed by atoms with van der Waals surface area (Å²) in [5.41, 5.74) is 6.03. The lowest BCUT2D eigenvalue weighted by Crippen LogP contribution is -2.21. The third-order valence-electron chi connectivity index (χ3n) is 3.46. The van der Waals surface area contributed by atoms with Gasteiger partial charge in [0.05, 0.1) is 0 Å². The van der Waals surface area contributed by atoms with Gasteiger partial charge in [-0.3, -0.25) is 10.0 Å². The molecule has 0 aliphatic rings.